The number of fused-ring (bicyclic) bond motifs is 1. The molecule has 1 atom stereocenters. The summed E-state index contributed by atoms with van der Waals surface area (Å²) in [4.78, 5) is 14.6. The van der Waals surface area contributed by atoms with Gasteiger partial charge in [-0.1, -0.05) is 24.8 Å². The molecule has 0 saturated carbocycles. The summed E-state index contributed by atoms with van der Waals surface area (Å²) in [5, 5.41) is 2.15. The fourth-order valence-electron chi connectivity index (χ4n) is 4.14. The molecule has 0 amide bonds. The minimum Gasteiger partial charge on any atom is -0.491 e. The number of thioether (sulfide) groups is 1. The molecule has 3 aromatic rings. The lowest BCUT2D eigenvalue weighted by atomic mass is 10.2. The van der Waals surface area contributed by atoms with Crippen LogP contribution in [0.25, 0.3) is 10.9 Å². The van der Waals surface area contributed by atoms with Crippen LogP contribution in [0.15, 0.2) is 52.6 Å². The van der Waals surface area contributed by atoms with E-state index >= 15 is 0 Å². The highest BCUT2D eigenvalue weighted by atomic mass is 35.5. The van der Waals surface area contributed by atoms with Crippen molar-refractivity contribution in [3.05, 3.63) is 48.3 Å². The summed E-state index contributed by atoms with van der Waals surface area (Å²) in [6, 6.07) is 10.5. The zero-order valence-corrected chi connectivity index (χ0v) is 25.2. The number of aromatic nitrogens is 2. The van der Waals surface area contributed by atoms with Crippen LogP contribution in [0.3, 0.4) is 0 Å². The molecule has 9 nitrogen and oxygen atoms in total. The number of rotatable bonds is 12. The van der Waals surface area contributed by atoms with Gasteiger partial charge in [0.2, 0.25) is 0 Å². The number of nitrogens with zero attached hydrogens (tertiary/aromatic N) is 4. The summed E-state index contributed by atoms with van der Waals surface area (Å²) < 4.78 is 38.9. The number of H-pyrrole nitrogens is 1. The van der Waals surface area contributed by atoms with Gasteiger partial charge in [-0.15, -0.1) is 24.8 Å². The van der Waals surface area contributed by atoms with E-state index in [0.717, 1.165) is 42.2 Å². The number of aliphatic imine (C=N–C) groups is 1. The Morgan fingerprint density at radius 2 is 1.95 bits per heavy atom. The van der Waals surface area contributed by atoms with E-state index < -0.39 is 10.0 Å². The number of pyridine rings is 1. The normalized spacial score (nSPS) is 15.2. The van der Waals surface area contributed by atoms with Gasteiger partial charge in [0.05, 0.1) is 30.0 Å². The maximum absolute atomic E-state index is 13.4. The maximum atomic E-state index is 13.4. The molecule has 38 heavy (non-hydrogen) atoms. The molecule has 0 fully saturated rings. The van der Waals surface area contributed by atoms with Crippen LogP contribution in [0.5, 0.6) is 5.75 Å². The largest absolute Gasteiger partial charge is 0.491 e. The highest BCUT2D eigenvalue weighted by Gasteiger charge is 2.27. The molecule has 0 saturated heterocycles. The number of methoxy groups -OCH3 is 1. The number of nitrogens with one attached hydrogen (secondary N) is 1. The van der Waals surface area contributed by atoms with Crippen LogP contribution in [-0.4, -0.2) is 87.6 Å². The topological polar surface area (TPSA) is 100 Å². The average molecular weight is 605 g/mol. The van der Waals surface area contributed by atoms with Crippen LogP contribution in [-0.2, 0) is 14.8 Å². The van der Waals surface area contributed by atoms with Gasteiger partial charge in [-0.05, 0) is 44.3 Å². The number of anilines is 1. The van der Waals surface area contributed by atoms with Gasteiger partial charge >= 0.3 is 0 Å². The van der Waals surface area contributed by atoms with Gasteiger partial charge in [-0.25, -0.2) is 4.98 Å². The predicted octanol–water partition coefficient (Wildman–Crippen LogP) is 4.46. The monoisotopic (exact) mass is 603 g/mol. The van der Waals surface area contributed by atoms with Crippen molar-refractivity contribution < 1.29 is 17.9 Å². The van der Waals surface area contributed by atoms with Crippen molar-refractivity contribution in [1.29, 1.82) is 0 Å². The second kappa shape index (κ2) is 14.4. The van der Waals surface area contributed by atoms with Crippen LogP contribution in [0, 0.1) is 0 Å². The number of hydrogen-bond donors (Lipinski definition) is 1. The Labute approximate surface area is 241 Å². The Balaban J connectivity index is 0.00000253. The van der Waals surface area contributed by atoms with Gasteiger partial charge in [0.1, 0.15) is 17.4 Å². The van der Waals surface area contributed by atoms with Crippen LogP contribution in [0.1, 0.15) is 19.0 Å². The van der Waals surface area contributed by atoms with Crippen molar-refractivity contribution in [2.45, 2.75) is 23.6 Å². The Morgan fingerprint density at radius 3 is 2.63 bits per heavy atom. The van der Waals surface area contributed by atoms with Crippen molar-refractivity contribution in [1.82, 2.24) is 14.9 Å². The molecular weight excluding hydrogens is 569 g/mol. The quantitative estimate of drug-likeness (QED) is 0.305. The molecule has 0 radical (unpaired) electrons. The Hall–Kier alpha value is -2.02. The van der Waals surface area contributed by atoms with Gasteiger partial charge in [0.25, 0.3) is 10.0 Å². The second-order valence-electron chi connectivity index (χ2n) is 8.72. The van der Waals surface area contributed by atoms with Gasteiger partial charge in [-0.2, -0.15) is 8.42 Å². The van der Waals surface area contributed by atoms with E-state index in [1.165, 1.54) is 23.6 Å². The SMILES string of the molecule is CCCN(C)CC1CN=C(c2cc3cc(OCCOC)cc(N(C)S(=O)(=O)c4ccccn4)c3[nH]2)S1.Cl.Cl. The molecule has 13 heteroatoms. The molecule has 4 rings (SSSR count). The molecule has 3 heterocycles. The zero-order valence-electron chi connectivity index (χ0n) is 21.9. The molecule has 1 aromatic carbocycles. The Morgan fingerprint density at radius 1 is 1.16 bits per heavy atom. The minimum absolute atomic E-state index is 0. The third-order valence-electron chi connectivity index (χ3n) is 5.91. The Kier molecular flexibility index (Phi) is 12.2. The van der Waals surface area contributed by atoms with Crippen LogP contribution >= 0.6 is 36.6 Å². The molecule has 0 aliphatic carbocycles. The third kappa shape index (κ3) is 7.34. The summed E-state index contributed by atoms with van der Waals surface area (Å²) in [6.07, 6.45) is 2.59. The lowest BCUT2D eigenvalue weighted by molar-refractivity contribution is 0.146. The zero-order chi connectivity index (χ0) is 25.7. The van der Waals surface area contributed by atoms with E-state index in [2.05, 4.69) is 28.8 Å². The molecule has 1 N–H and O–H groups in total. The summed E-state index contributed by atoms with van der Waals surface area (Å²) >= 11 is 1.76. The van der Waals surface area contributed by atoms with Crippen molar-refractivity contribution >= 4 is 68.2 Å². The van der Waals surface area contributed by atoms with Crippen molar-refractivity contribution in [2.75, 3.05) is 58.4 Å². The van der Waals surface area contributed by atoms with E-state index in [4.69, 9.17) is 14.5 Å². The number of aromatic amines is 1. The second-order valence-corrected chi connectivity index (χ2v) is 11.9. The van der Waals surface area contributed by atoms with Gasteiger partial charge in [0.15, 0.2) is 5.03 Å². The summed E-state index contributed by atoms with van der Waals surface area (Å²) in [7, 11) is 1.39. The van der Waals surface area contributed by atoms with Crippen molar-refractivity contribution in [2.24, 2.45) is 4.99 Å². The van der Waals surface area contributed by atoms with E-state index in [0.29, 0.717) is 35.4 Å². The van der Waals surface area contributed by atoms with Crippen molar-refractivity contribution in [3.8, 4) is 5.75 Å². The lowest BCUT2D eigenvalue weighted by Crippen LogP contribution is -2.28. The molecule has 2 aromatic heterocycles. The molecule has 0 bridgehead atoms. The van der Waals surface area contributed by atoms with Crippen molar-refractivity contribution in [3.63, 3.8) is 0 Å². The van der Waals surface area contributed by atoms with Gasteiger partial charge in [0, 0.05) is 43.6 Å². The maximum Gasteiger partial charge on any atom is 0.281 e. The Bertz CT molecular complexity index is 1320. The smallest absolute Gasteiger partial charge is 0.281 e. The first kappa shape index (κ1) is 32.2. The summed E-state index contributed by atoms with van der Waals surface area (Å²) in [5.74, 6) is 0.559. The number of hydrogen-bond acceptors (Lipinski definition) is 8. The number of halogens is 2. The van der Waals surface area contributed by atoms with Gasteiger partial charge in [-0.3, -0.25) is 9.30 Å². The van der Waals surface area contributed by atoms with Crippen LogP contribution in [0.2, 0.25) is 0 Å². The van der Waals surface area contributed by atoms with E-state index in [-0.39, 0.29) is 29.8 Å². The lowest BCUT2D eigenvalue weighted by Gasteiger charge is -2.20. The predicted molar refractivity (Wildman–Crippen MR) is 161 cm³/mol. The molecule has 0 spiro atoms. The fraction of sp³-hybridized carbons (Fsp3) is 0.440. The standard InChI is InChI=1S/C25H33N5O4S2.2ClH/c1-5-10-29(2)17-20-16-27-25(35-20)21-14-18-13-19(34-12-11-33-4)15-22(24(18)28-21)30(3)36(31,32)23-8-6-7-9-26-23;;/h6-9,13-15,20,28H,5,10-12,16-17H2,1-4H3;2*1H. The molecule has 210 valence electrons. The molecular formula is C25H35Cl2N5O4S2. The van der Waals surface area contributed by atoms with Crippen LogP contribution < -0.4 is 9.04 Å². The fourth-order valence-corrected chi connectivity index (χ4v) is 6.45. The molecule has 1 aliphatic rings. The van der Waals surface area contributed by atoms with E-state index in [9.17, 15) is 8.42 Å². The first-order valence-electron chi connectivity index (χ1n) is 11.9. The average Bonchev–Trinajstić information content (AvgIpc) is 3.51. The number of benzene rings is 1. The third-order valence-corrected chi connectivity index (χ3v) is 8.80. The highest BCUT2D eigenvalue weighted by molar-refractivity contribution is 8.15. The van der Waals surface area contributed by atoms with E-state index in [1.54, 1.807) is 37.1 Å². The highest BCUT2D eigenvalue weighted by Crippen LogP contribution is 2.36. The van der Waals surface area contributed by atoms with E-state index in [1.807, 2.05) is 12.1 Å². The number of sulfonamides is 1. The summed E-state index contributed by atoms with van der Waals surface area (Å²) in [5.41, 5.74) is 2.04. The number of ether oxygens (including phenoxy) is 2. The first-order chi connectivity index (χ1) is 17.3. The van der Waals surface area contributed by atoms with Gasteiger partial charge < -0.3 is 19.4 Å². The summed E-state index contributed by atoms with van der Waals surface area (Å²) in [6.45, 7) is 5.75. The van der Waals surface area contributed by atoms with Crippen LogP contribution in [0.4, 0.5) is 5.69 Å². The molecule has 1 aliphatic heterocycles. The molecule has 1 unspecified atom stereocenters. The minimum atomic E-state index is -3.88. The first-order valence-corrected chi connectivity index (χ1v) is 14.2.